The van der Waals surface area contributed by atoms with E-state index >= 15 is 0 Å². The smallest absolute Gasteiger partial charge is 0.126 e. The molecule has 3 heteroatoms. The normalized spacial score (nSPS) is 14.4. The monoisotopic (exact) mass is 253 g/mol. The molecule has 1 rings (SSSR count). The van der Waals surface area contributed by atoms with Crippen LogP contribution >= 0.6 is 0 Å². The second-order valence-electron chi connectivity index (χ2n) is 5.08. The van der Waals surface area contributed by atoms with Gasteiger partial charge >= 0.3 is 0 Å². The molecule has 1 aromatic carbocycles. The van der Waals surface area contributed by atoms with Crippen LogP contribution in [0.15, 0.2) is 24.3 Å². The van der Waals surface area contributed by atoms with Crippen LogP contribution in [0.25, 0.3) is 0 Å². The van der Waals surface area contributed by atoms with Gasteiger partial charge in [0.2, 0.25) is 0 Å². The van der Waals surface area contributed by atoms with Crippen molar-refractivity contribution < 1.29 is 9.50 Å². The number of hydrogen-bond acceptors (Lipinski definition) is 2. The Labute approximate surface area is 109 Å². The number of halogens is 1. The van der Waals surface area contributed by atoms with Gasteiger partial charge in [-0.1, -0.05) is 25.1 Å². The van der Waals surface area contributed by atoms with Crippen LogP contribution in [0.2, 0.25) is 0 Å². The lowest BCUT2D eigenvalue weighted by atomic mass is 10.1. The lowest BCUT2D eigenvalue weighted by Crippen LogP contribution is -2.29. The van der Waals surface area contributed by atoms with Gasteiger partial charge < -0.3 is 10.4 Å². The van der Waals surface area contributed by atoms with Gasteiger partial charge in [-0.05, 0) is 50.3 Å². The molecule has 0 aliphatic carbocycles. The van der Waals surface area contributed by atoms with Crippen molar-refractivity contribution in [1.29, 1.82) is 0 Å². The van der Waals surface area contributed by atoms with E-state index in [1.54, 1.807) is 6.07 Å². The first kappa shape index (κ1) is 15.1. The summed E-state index contributed by atoms with van der Waals surface area (Å²) >= 11 is 0. The Kier molecular flexibility index (Phi) is 6.91. The quantitative estimate of drug-likeness (QED) is 0.698. The minimum absolute atomic E-state index is 0.125. The minimum atomic E-state index is -0.125. The zero-order chi connectivity index (χ0) is 13.4. The highest BCUT2D eigenvalue weighted by Crippen LogP contribution is 2.09. The number of hydrogen-bond donors (Lipinski definition) is 2. The van der Waals surface area contributed by atoms with Gasteiger partial charge in [-0.25, -0.2) is 4.39 Å². The van der Waals surface area contributed by atoms with Crippen molar-refractivity contribution in [3.8, 4) is 0 Å². The Hall–Kier alpha value is -0.930. The molecule has 0 aliphatic heterocycles. The van der Waals surface area contributed by atoms with Crippen LogP contribution in [-0.2, 0) is 6.42 Å². The van der Waals surface area contributed by atoms with Gasteiger partial charge in [0, 0.05) is 12.6 Å². The minimum Gasteiger partial charge on any atom is -0.396 e. The summed E-state index contributed by atoms with van der Waals surface area (Å²) in [5.41, 5.74) is 0.765. The molecule has 0 bridgehead atoms. The first-order chi connectivity index (χ1) is 8.63. The third-order valence-corrected chi connectivity index (χ3v) is 3.16. The highest BCUT2D eigenvalue weighted by Gasteiger charge is 2.07. The molecule has 1 aromatic rings. The largest absolute Gasteiger partial charge is 0.396 e. The molecule has 0 saturated carbocycles. The molecule has 102 valence electrons. The molecular formula is C15H24FNO. The molecule has 0 heterocycles. The van der Waals surface area contributed by atoms with Gasteiger partial charge in [-0.3, -0.25) is 0 Å². The van der Waals surface area contributed by atoms with E-state index in [2.05, 4.69) is 12.2 Å². The topological polar surface area (TPSA) is 32.3 Å². The van der Waals surface area contributed by atoms with E-state index in [1.807, 2.05) is 19.1 Å². The fraction of sp³-hybridized carbons (Fsp3) is 0.600. The molecule has 0 saturated heterocycles. The molecule has 0 amide bonds. The SMILES string of the molecule is CC(CO)CCCNC(C)Cc1ccccc1F. The number of aliphatic hydroxyl groups is 1. The van der Waals surface area contributed by atoms with Crippen LogP contribution < -0.4 is 5.32 Å². The second kappa shape index (κ2) is 8.22. The first-order valence-electron chi connectivity index (χ1n) is 6.71. The van der Waals surface area contributed by atoms with Crippen LogP contribution in [0.5, 0.6) is 0 Å². The van der Waals surface area contributed by atoms with Gasteiger partial charge in [0.1, 0.15) is 5.82 Å². The fourth-order valence-corrected chi connectivity index (χ4v) is 1.96. The number of aliphatic hydroxyl groups excluding tert-OH is 1. The predicted octanol–water partition coefficient (Wildman–Crippen LogP) is 2.75. The number of nitrogens with one attached hydrogen (secondary N) is 1. The number of benzene rings is 1. The van der Waals surface area contributed by atoms with Gasteiger partial charge in [-0.15, -0.1) is 0 Å². The van der Waals surface area contributed by atoms with Crippen molar-refractivity contribution in [3.05, 3.63) is 35.6 Å². The van der Waals surface area contributed by atoms with E-state index in [-0.39, 0.29) is 18.5 Å². The molecule has 0 aromatic heterocycles. The Bertz CT molecular complexity index is 343. The van der Waals surface area contributed by atoms with Crippen LogP contribution in [-0.4, -0.2) is 24.3 Å². The van der Waals surface area contributed by atoms with E-state index in [4.69, 9.17) is 5.11 Å². The van der Waals surface area contributed by atoms with E-state index in [1.165, 1.54) is 6.07 Å². The Morgan fingerprint density at radius 2 is 2.00 bits per heavy atom. The second-order valence-corrected chi connectivity index (χ2v) is 5.08. The highest BCUT2D eigenvalue weighted by molar-refractivity contribution is 5.18. The fourth-order valence-electron chi connectivity index (χ4n) is 1.96. The molecule has 0 spiro atoms. The van der Waals surface area contributed by atoms with Crippen molar-refractivity contribution in [2.45, 2.75) is 39.2 Å². The average Bonchev–Trinajstić information content (AvgIpc) is 2.37. The lowest BCUT2D eigenvalue weighted by molar-refractivity contribution is 0.227. The molecule has 2 N–H and O–H groups in total. The molecule has 2 unspecified atom stereocenters. The summed E-state index contributed by atoms with van der Waals surface area (Å²) in [7, 11) is 0. The Morgan fingerprint density at radius 1 is 1.28 bits per heavy atom. The van der Waals surface area contributed by atoms with Crippen molar-refractivity contribution >= 4 is 0 Å². The maximum Gasteiger partial charge on any atom is 0.126 e. The summed E-state index contributed by atoms with van der Waals surface area (Å²) < 4.78 is 13.4. The summed E-state index contributed by atoms with van der Waals surface area (Å²) in [6.07, 6.45) is 2.78. The Morgan fingerprint density at radius 3 is 2.67 bits per heavy atom. The van der Waals surface area contributed by atoms with Crippen molar-refractivity contribution in [3.63, 3.8) is 0 Å². The van der Waals surface area contributed by atoms with Gasteiger partial charge in [0.25, 0.3) is 0 Å². The lowest BCUT2D eigenvalue weighted by Gasteiger charge is -2.15. The predicted molar refractivity (Wildman–Crippen MR) is 73.1 cm³/mol. The summed E-state index contributed by atoms with van der Waals surface area (Å²) in [5, 5.41) is 12.3. The van der Waals surface area contributed by atoms with Gasteiger partial charge in [0.15, 0.2) is 0 Å². The van der Waals surface area contributed by atoms with E-state index < -0.39 is 0 Å². The Balaban J connectivity index is 2.22. The summed E-state index contributed by atoms with van der Waals surface area (Å²) in [4.78, 5) is 0. The van der Waals surface area contributed by atoms with Crippen LogP contribution in [0.3, 0.4) is 0 Å². The van der Waals surface area contributed by atoms with Crippen LogP contribution in [0.4, 0.5) is 4.39 Å². The van der Waals surface area contributed by atoms with Gasteiger partial charge in [-0.2, -0.15) is 0 Å². The molecule has 0 radical (unpaired) electrons. The summed E-state index contributed by atoms with van der Waals surface area (Å²) in [5.74, 6) is 0.244. The highest BCUT2D eigenvalue weighted by atomic mass is 19.1. The van der Waals surface area contributed by atoms with E-state index in [0.717, 1.165) is 24.9 Å². The van der Waals surface area contributed by atoms with Crippen molar-refractivity contribution in [2.75, 3.05) is 13.2 Å². The maximum absolute atomic E-state index is 13.4. The molecular weight excluding hydrogens is 229 g/mol. The van der Waals surface area contributed by atoms with Crippen LogP contribution in [0, 0.1) is 11.7 Å². The van der Waals surface area contributed by atoms with Gasteiger partial charge in [0.05, 0.1) is 0 Å². The molecule has 18 heavy (non-hydrogen) atoms. The molecule has 2 nitrogen and oxygen atoms in total. The standard InChI is InChI=1S/C15H24FNO/c1-12(11-18)6-5-9-17-13(2)10-14-7-3-4-8-15(14)16/h3-4,7-8,12-13,17-18H,5-6,9-11H2,1-2H3. The van der Waals surface area contributed by atoms with Crippen LogP contribution in [0.1, 0.15) is 32.3 Å². The van der Waals surface area contributed by atoms with Crippen molar-refractivity contribution in [1.82, 2.24) is 5.32 Å². The zero-order valence-electron chi connectivity index (χ0n) is 11.3. The zero-order valence-corrected chi connectivity index (χ0v) is 11.3. The summed E-state index contributed by atoms with van der Waals surface area (Å²) in [6.45, 7) is 5.29. The first-order valence-corrected chi connectivity index (χ1v) is 6.71. The average molecular weight is 253 g/mol. The number of rotatable bonds is 8. The van der Waals surface area contributed by atoms with Crippen molar-refractivity contribution in [2.24, 2.45) is 5.92 Å². The van der Waals surface area contributed by atoms with E-state index in [9.17, 15) is 4.39 Å². The van der Waals surface area contributed by atoms with E-state index in [0.29, 0.717) is 12.3 Å². The molecule has 2 atom stereocenters. The molecule has 0 aliphatic rings. The summed E-state index contributed by atoms with van der Waals surface area (Å²) in [6, 6.07) is 7.19. The third kappa shape index (κ3) is 5.61. The third-order valence-electron chi connectivity index (χ3n) is 3.16. The molecule has 0 fully saturated rings. The maximum atomic E-state index is 13.4.